The van der Waals surface area contributed by atoms with E-state index in [9.17, 15) is 19.2 Å². The first kappa shape index (κ1) is 26.9. The summed E-state index contributed by atoms with van der Waals surface area (Å²) < 4.78 is 15.3. The predicted molar refractivity (Wildman–Crippen MR) is 124 cm³/mol. The van der Waals surface area contributed by atoms with Gasteiger partial charge < -0.3 is 29.7 Å². The first-order valence-electron chi connectivity index (χ1n) is 11.4. The maximum Gasteiger partial charge on any atom is 0.408 e. The molecule has 1 aliphatic heterocycles. The highest BCUT2D eigenvalue weighted by atomic mass is 16.6. The average Bonchev–Trinajstić information content (AvgIpc) is 3.28. The van der Waals surface area contributed by atoms with E-state index in [1.165, 1.54) is 12.0 Å². The van der Waals surface area contributed by atoms with Crippen LogP contribution in [0.15, 0.2) is 30.3 Å². The standard InChI is InChI=1S/C24H35N3O7/c1-24(2,3)34-22(30)25-14-8-12-18(20(28)27-15-9-13-19(27)21(29)32-4)26-23(31)33-16-17-10-6-5-7-11-17/h5-7,10-11,18-19H,8-9,12-16H2,1-4H3,(H,25,30)(H,26,31)/t18-,19-/m0/s1. The van der Waals surface area contributed by atoms with Crippen molar-refractivity contribution in [2.24, 2.45) is 0 Å². The Morgan fingerprint density at radius 2 is 1.82 bits per heavy atom. The normalized spacial score (nSPS) is 16.4. The Labute approximate surface area is 200 Å². The van der Waals surface area contributed by atoms with Gasteiger partial charge in [0, 0.05) is 13.1 Å². The highest BCUT2D eigenvalue weighted by molar-refractivity contribution is 5.90. The third kappa shape index (κ3) is 8.92. The molecule has 1 aliphatic rings. The predicted octanol–water partition coefficient (Wildman–Crippen LogP) is 2.75. The van der Waals surface area contributed by atoms with E-state index < -0.39 is 35.8 Å². The van der Waals surface area contributed by atoms with E-state index in [-0.39, 0.29) is 25.5 Å². The minimum Gasteiger partial charge on any atom is -0.467 e. The third-order valence-electron chi connectivity index (χ3n) is 5.15. The van der Waals surface area contributed by atoms with Crippen LogP contribution in [0.3, 0.4) is 0 Å². The summed E-state index contributed by atoms with van der Waals surface area (Å²) in [6.45, 7) is 5.99. The molecule has 0 saturated carbocycles. The molecular formula is C24H35N3O7. The second-order valence-electron chi connectivity index (χ2n) is 9.04. The van der Waals surface area contributed by atoms with Crippen molar-refractivity contribution in [1.29, 1.82) is 0 Å². The number of amides is 3. The second-order valence-corrected chi connectivity index (χ2v) is 9.04. The molecule has 1 saturated heterocycles. The Hall–Kier alpha value is -3.30. The van der Waals surface area contributed by atoms with E-state index in [2.05, 4.69) is 10.6 Å². The summed E-state index contributed by atoms with van der Waals surface area (Å²) in [5, 5.41) is 5.25. The molecule has 1 heterocycles. The molecule has 0 aliphatic carbocycles. The number of ether oxygens (including phenoxy) is 3. The summed E-state index contributed by atoms with van der Waals surface area (Å²) in [4.78, 5) is 51.0. The second kappa shape index (κ2) is 12.8. The molecule has 1 aromatic rings. The van der Waals surface area contributed by atoms with E-state index in [1.807, 2.05) is 30.3 Å². The summed E-state index contributed by atoms with van der Waals surface area (Å²) in [6, 6.07) is 7.57. The smallest absolute Gasteiger partial charge is 0.408 e. The number of carbonyl (C=O) groups is 4. The van der Waals surface area contributed by atoms with Gasteiger partial charge in [0.05, 0.1) is 7.11 Å². The highest BCUT2D eigenvalue weighted by Crippen LogP contribution is 2.20. The maximum absolute atomic E-state index is 13.2. The van der Waals surface area contributed by atoms with Crippen molar-refractivity contribution in [3.05, 3.63) is 35.9 Å². The number of nitrogens with one attached hydrogen (secondary N) is 2. The van der Waals surface area contributed by atoms with Gasteiger partial charge in [-0.1, -0.05) is 30.3 Å². The summed E-state index contributed by atoms with van der Waals surface area (Å²) in [6.07, 6.45) is 0.498. The molecule has 34 heavy (non-hydrogen) atoms. The zero-order chi connectivity index (χ0) is 25.1. The number of rotatable bonds is 9. The Bertz CT molecular complexity index is 839. The minimum atomic E-state index is -0.922. The number of nitrogens with zero attached hydrogens (tertiary/aromatic N) is 1. The SMILES string of the molecule is COC(=O)[C@@H]1CCCN1C(=O)[C@H](CCCNC(=O)OC(C)(C)C)NC(=O)OCc1ccccc1. The van der Waals surface area contributed by atoms with Gasteiger partial charge in [-0.3, -0.25) is 4.79 Å². The molecule has 2 rings (SSSR count). The first-order valence-corrected chi connectivity index (χ1v) is 11.4. The van der Waals surface area contributed by atoms with Crippen molar-refractivity contribution in [1.82, 2.24) is 15.5 Å². The highest BCUT2D eigenvalue weighted by Gasteiger charge is 2.38. The Kier molecular flexibility index (Phi) is 10.2. The van der Waals surface area contributed by atoms with Crippen LogP contribution in [0.4, 0.5) is 9.59 Å². The van der Waals surface area contributed by atoms with Crippen molar-refractivity contribution in [2.45, 2.75) is 70.7 Å². The van der Waals surface area contributed by atoms with E-state index in [0.717, 1.165) is 5.56 Å². The number of carbonyl (C=O) groups excluding carboxylic acids is 4. The van der Waals surface area contributed by atoms with Gasteiger partial charge in [0.25, 0.3) is 0 Å². The van der Waals surface area contributed by atoms with Crippen LogP contribution < -0.4 is 10.6 Å². The molecular weight excluding hydrogens is 442 g/mol. The Balaban J connectivity index is 1.97. The fourth-order valence-electron chi connectivity index (χ4n) is 3.59. The van der Waals surface area contributed by atoms with Crippen LogP contribution in [0.1, 0.15) is 52.0 Å². The summed E-state index contributed by atoms with van der Waals surface area (Å²) in [7, 11) is 1.28. The van der Waals surface area contributed by atoms with Gasteiger partial charge in [0.1, 0.15) is 24.3 Å². The van der Waals surface area contributed by atoms with Crippen LogP contribution in [-0.4, -0.2) is 66.8 Å². The van der Waals surface area contributed by atoms with E-state index >= 15 is 0 Å². The Morgan fingerprint density at radius 3 is 2.47 bits per heavy atom. The number of hydrogen-bond donors (Lipinski definition) is 2. The minimum absolute atomic E-state index is 0.0578. The van der Waals surface area contributed by atoms with E-state index in [4.69, 9.17) is 14.2 Å². The zero-order valence-electron chi connectivity index (χ0n) is 20.3. The van der Waals surface area contributed by atoms with Crippen LogP contribution >= 0.6 is 0 Å². The molecule has 0 unspecified atom stereocenters. The van der Waals surface area contributed by atoms with Crippen LogP contribution in [-0.2, 0) is 30.4 Å². The maximum atomic E-state index is 13.2. The van der Waals surface area contributed by atoms with Gasteiger partial charge in [0.2, 0.25) is 5.91 Å². The molecule has 0 bridgehead atoms. The molecule has 0 aromatic heterocycles. The van der Waals surface area contributed by atoms with Crippen LogP contribution in [0.5, 0.6) is 0 Å². The lowest BCUT2D eigenvalue weighted by molar-refractivity contribution is -0.151. The molecule has 10 nitrogen and oxygen atoms in total. The van der Waals surface area contributed by atoms with Crippen LogP contribution in [0, 0.1) is 0 Å². The lowest BCUT2D eigenvalue weighted by atomic mass is 10.1. The van der Waals surface area contributed by atoms with Gasteiger partial charge in [-0.05, 0) is 52.0 Å². The molecule has 1 aromatic carbocycles. The van der Waals surface area contributed by atoms with Gasteiger partial charge in [-0.25, -0.2) is 14.4 Å². The fourth-order valence-corrected chi connectivity index (χ4v) is 3.59. The van der Waals surface area contributed by atoms with Gasteiger partial charge >= 0.3 is 18.2 Å². The lowest BCUT2D eigenvalue weighted by Crippen LogP contribution is -2.52. The monoisotopic (exact) mass is 477 g/mol. The number of hydrogen-bond acceptors (Lipinski definition) is 7. The number of alkyl carbamates (subject to hydrolysis) is 2. The van der Waals surface area contributed by atoms with E-state index in [1.54, 1.807) is 20.8 Å². The molecule has 188 valence electrons. The van der Waals surface area contributed by atoms with Gasteiger partial charge in [-0.15, -0.1) is 0 Å². The molecule has 1 fully saturated rings. The number of methoxy groups -OCH3 is 1. The van der Waals surface area contributed by atoms with Crippen molar-refractivity contribution >= 4 is 24.1 Å². The number of likely N-dealkylation sites (tertiary alicyclic amines) is 1. The first-order chi connectivity index (χ1) is 16.1. The topological polar surface area (TPSA) is 123 Å². The van der Waals surface area contributed by atoms with Crippen molar-refractivity contribution in [3.63, 3.8) is 0 Å². The molecule has 0 radical (unpaired) electrons. The van der Waals surface area contributed by atoms with Crippen LogP contribution in [0.2, 0.25) is 0 Å². The summed E-state index contributed by atoms with van der Waals surface area (Å²) >= 11 is 0. The van der Waals surface area contributed by atoms with Crippen molar-refractivity contribution in [3.8, 4) is 0 Å². The number of benzene rings is 1. The van der Waals surface area contributed by atoms with Gasteiger partial charge in [-0.2, -0.15) is 0 Å². The van der Waals surface area contributed by atoms with Crippen molar-refractivity contribution in [2.75, 3.05) is 20.2 Å². The fraction of sp³-hybridized carbons (Fsp3) is 0.583. The van der Waals surface area contributed by atoms with Crippen molar-refractivity contribution < 1.29 is 33.4 Å². The third-order valence-corrected chi connectivity index (χ3v) is 5.15. The number of esters is 1. The summed E-state index contributed by atoms with van der Waals surface area (Å²) in [5.41, 5.74) is 0.193. The van der Waals surface area contributed by atoms with Crippen LogP contribution in [0.25, 0.3) is 0 Å². The van der Waals surface area contributed by atoms with E-state index in [0.29, 0.717) is 25.8 Å². The molecule has 0 spiro atoms. The summed E-state index contributed by atoms with van der Waals surface area (Å²) in [5.74, 6) is -0.871. The molecule has 3 amide bonds. The van der Waals surface area contributed by atoms with Gasteiger partial charge in [0.15, 0.2) is 0 Å². The zero-order valence-corrected chi connectivity index (χ0v) is 20.3. The molecule has 2 atom stereocenters. The molecule has 10 heteroatoms. The quantitative estimate of drug-likeness (QED) is 0.318. The lowest BCUT2D eigenvalue weighted by Gasteiger charge is -2.28. The molecule has 2 N–H and O–H groups in total. The largest absolute Gasteiger partial charge is 0.467 e. The average molecular weight is 478 g/mol. The Morgan fingerprint density at radius 1 is 1.12 bits per heavy atom.